The van der Waals surface area contributed by atoms with Crippen molar-refractivity contribution in [3.8, 4) is 5.75 Å². The van der Waals surface area contributed by atoms with E-state index in [1.165, 1.54) is 11.4 Å². The normalized spacial score (nSPS) is 16.5. The lowest BCUT2D eigenvalue weighted by molar-refractivity contribution is 0.162. The van der Waals surface area contributed by atoms with Crippen molar-refractivity contribution in [1.29, 1.82) is 0 Å². The molecule has 1 aromatic carbocycles. The number of amides is 2. The van der Waals surface area contributed by atoms with Gasteiger partial charge >= 0.3 is 6.03 Å². The number of hydrogen-bond donors (Lipinski definition) is 1. The van der Waals surface area contributed by atoms with Gasteiger partial charge in [-0.3, -0.25) is 0 Å². The van der Waals surface area contributed by atoms with Gasteiger partial charge in [-0.15, -0.1) is 0 Å². The topological polar surface area (TPSA) is 46.5 Å². The van der Waals surface area contributed by atoms with Gasteiger partial charge in [0.05, 0.1) is 18.8 Å². The Labute approximate surface area is 149 Å². The fourth-order valence-electron chi connectivity index (χ4n) is 3.64. The van der Waals surface area contributed by atoms with Gasteiger partial charge in [-0.2, -0.15) is 0 Å². The summed E-state index contributed by atoms with van der Waals surface area (Å²) in [5.74, 6) is 0.683. The molecule has 0 saturated heterocycles. The number of methoxy groups -OCH3 is 1. The second-order valence-electron chi connectivity index (χ2n) is 6.68. The van der Waals surface area contributed by atoms with Crippen LogP contribution in [-0.4, -0.2) is 29.2 Å². The van der Waals surface area contributed by atoms with Crippen molar-refractivity contribution in [3.63, 3.8) is 0 Å². The second kappa shape index (κ2) is 7.21. The third-order valence-electron chi connectivity index (χ3n) is 4.93. The summed E-state index contributed by atoms with van der Waals surface area (Å²) in [6, 6.07) is 10.2. The van der Waals surface area contributed by atoms with Crippen LogP contribution in [0.15, 0.2) is 30.3 Å². The number of aromatic nitrogens is 1. The fourth-order valence-corrected chi connectivity index (χ4v) is 3.64. The Bertz CT molecular complexity index is 766. The van der Waals surface area contributed by atoms with Crippen LogP contribution in [0.5, 0.6) is 5.75 Å². The van der Waals surface area contributed by atoms with Gasteiger partial charge in [0.25, 0.3) is 0 Å². The predicted molar refractivity (Wildman–Crippen MR) is 100 cm³/mol. The van der Waals surface area contributed by atoms with E-state index in [4.69, 9.17) is 4.74 Å². The van der Waals surface area contributed by atoms with Crippen LogP contribution in [0.25, 0.3) is 0 Å². The molecule has 0 fully saturated rings. The van der Waals surface area contributed by atoms with E-state index in [0.29, 0.717) is 12.3 Å². The number of benzene rings is 1. The zero-order valence-corrected chi connectivity index (χ0v) is 15.5. The van der Waals surface area contributed by atoms with Gasteiger partial charge in [-0.1, -0.05) is 19.4 Å². The first kappa shape index (κ1) is 17.4. The fraction of sp³-hybridized carbons (Fsp3) is 0.450. The Hall–Kier alpha value is -2.43. The molecule has 5 heteroatoms. The second-order valence-corrected chi connectivity index (χ2v) is 6.68. The van der Waals surface area contributed by atoms with E-state index >= 15 is 0 Å². The maximum absolute atomic E-state index is 13.0. The zero-order valence-electron chi connectivity index (χ0n) is 15.5. The van der Waals surface area contributed by atoms with E-state index in [-0.39, 0.29) is 12.1 Å². The molecule has 1 atom stereocenters. The van der Waals surface area contributed by atoms with Crippen molar-refractivity contribution in [3.05, 3.63) is 47.3 Å². The molecule has 1 unspecified atom stereocenters. The third-order valence-corrected chi connectivity index (χ3v) is 4.93. The maximum atomic E-state index is 13.0. The molecule has 2 aromatic rings. The lowest BCUT2D eigenvalue weighted by Crippen LogP contribution is -2.44. The Morgan fingerprint density at radius 1 is 1.24 bits per heavy atom. The number of urea groups is 1. The van der Waals surface area contributed by atoms with Crippen LogP contribution in [0.4, 0.5) is 10.5 Å². The highest BCUT2D eigenvalue weighted by Gasteiger charge is 2.31. The van der Waals surface area contributed by atoms with Crippen LogP contribution >= 0.6 is 0 Å². The minimum atomic E-state index is -0.0625. The summed E-state index contributed by atoms with van der Waals surface area (Å²) in [4.78, 5) is 15.0. The Kier molecular flexibility index (Phi) is 5.02. The number of fused-ring (bicyclic) bond motifs is 1. The standard InChI is InChI=1S/C20H27N3O2/c1-5-6-17-18-9-8-15(3)22(18)11-12-23(17)20(24)21-16-13-14(2)7-10-19(16)25-4/h7-10,13,17H,5-6,11-12H2,1-4H3,(H,21,24). The summed E-state index contributed by atoms with van der Waals surface area (Å²) in [6.45, 7) is 7.85. The summed E-state index contributed by atoms with van der Waals surface area (Å²) < 4.78 is 7.72. The average molecular weight is 341 g/mol. The SMILES string of the molecule is CCCC1c2ccc(C)n2CCN1C(=O)Nc1cc(C)ccc1OC. The molecular weight excluding hydrogens is 314 g/mol. The number of rotatable bonds is 4. The molecule has 0 saturated carbocycles. The summed E-state index contributed by atoms with van der Waals surface area (Å²) in [6.07, 6.45) is 1.99. The van der Waals surface area contributed by atoms with Crippen LogP contribution in [0.1, 0.15) is 42.8 Å². The van der Waals surface area contributed by atoms with Crippen molar-refractivity contribution >= 4 is 11.7 Å². The third kappa shape index (κ3) is 3.36. The number of nitrogens with zero attached hydrogens (tertiary/aromatic N) is 2. The van der Waals surface area contributed by atoms with Gasteiger partial charge in [0, 0.05) is 24.5 Å². The smallest absolute Gasteiger partial charge is 0.322 e. The molecule has 0 spiro atoms. The highest BCUT2D eigenvalue weighted by atomic mass is 16.5. The van der Waals surface area contributed by atoms with Crippen LogP contribution in [0.3, 0.4) is 0 Å². The first-order valence-electron chi connectivity index (χ1n) is 8.93. The molecular formula is C20H27N3O2. The molecule has 2 heterocycles. The van der Waals surface area contributed by atoms with Gasteiger partial charge in [0.15, 0.2) is 0 Å². The highest BCUT2D eigenvalue weighted by Crippen LogP contribution is 2.33. The molecule has 134 valence electrons. The van der Waals surface area contributed by atoms with Gasteiger partial charge < -0.3 is 19.5 Å². The maximum Gasteiger partial charge on any atom is 0.322 e. The molecule has 25 heavy (non-hydrogen) atoms. The Morgan fingerprint density at radius 3 is 2.76 bits per heavy atom. The molecule has 0 radical (unpaired) electrons. The van der Waals surface area contributed by atoms with E-state index < -0.39 is 0 Å². The van der Waals surface area contributed by atoms with E-state index in [0.717, 1.165) is 30.6 Å². The van der Waals surface area contributed by atoms with E-state index in [1.807, 2.05) is 30.0 Å². The highest BCUT2D eigenvalue weighted by molar-refractivity contribution is 5.91. The molecule has 2 amide bonds. The summed E-state index contributed by atoms with van der Waals surface area (Å²) in [5.41, 5.74) is 4.30. The molecule has 0 aliphatic carbocycles. The van der Waals surface area contributed by atoms with Crippen molar-refractivity contribution in [2.45, 2.75) is 46.2 Å². The summed E-state index contributed by atoms with van der Waals surface area (Å²) >= 11 is 0. The van der Waals surface area contributed by atoms with Crippen LogP contribution < -0.4 is 10.1 Å². The molecule has 5 nitrogen and oxygen atoms in total. The molecule has 1 aliphatic rings. The lowest BCUT2D eigenvalue weighted by Gasteiger charge is -2.37. The number of carbonyl (C=O) groups is 1. The van der Waals surface area contributed by atoms with Gasteiger partial charge in [0.1, 0.15) is 5.75 Å². The quantitative estimate of drug-likeness (QED) is 0.890. The van der Waals surface area contributed by atoms with E-state index in [1.54, 1.807) is 7.11 Å². The molecule has 1 N–H and O–H groups in total. The molecule has 1 aromatic heterocycles. The van der Waals surface area contributed by atoms with Gasteiger partial charge in [0.2, 0.25) is 0 Å². The zero-order chi connectivity index (χ0) is 18.0. The van der Waals surface area contributed by atoms with Crippen LogP contribution in [0.2, 0.25) is 0 Å². The number of anilines is 1. The molecule has 1 aliphatic heterocycles. The number of hydrogen-bond acceptors (Lipinski definition) is 2. The minimum absolute atomic E-state index is 0.0625. The minimum Gasteiger partial charge on any atom is -0.495 e. The lowest BCUT2D eigenvalue weighted by atomic mass is 10.0. The van der Waals surface area contributed by atoms with Crippen LogP contribution in [0, 0.1) is 13.8 Å². The first-order chi connectivity index (χ1) is 12.0. The number of nitrogens with one attached hydrogen (secondary N) is 1. The molecule has 3 rings (SSSR count). The van der Waals surface area contributed by atoms with E-state index in [9.17, 15) is 4.79 Å². The van der Waals surface area contributed by atoms with Crippen molar-refractivity contribution in [2.75, 3.05) is 19.0 Å². The first-order valence-corrected chi connectivity index (χ1v) is 8.93. The summed E-state index contributed by atoms with van der Waals surface area (Å²) in [7, 11) is 1.62. The van der Waals surface area contributed by atoms with Crippen molar-refractivity contribution in [1.82, 2.24) is 9.47 Å². The Morgan fingerprint density at radius 2 is 2.04 bits per heavy atom. The number of aryl methyl sites for hydroxylation is 2. The van der Waals surface area contributed by atoms with Gasteiger partial charge in [-0.25, -0.2) is 4.79 Å². The largest absolute Gasteiger partial charge is 0.495 e. The van der Waals surface area contributed by atoms with Crippen molar-refractivity contribution < 1.29 is 9.53 Å². The predicted octanol–water partition coefficient (Wildman–Crippen LogP) is 4.50. The van der Waals surface area contributed by atoms with Crippen LogP contribution in [-0.2, 0) is 6.54 Å². The molecule has 0 bridgehead atoms. The number of ether oxygens (including phenoxy) is 1. The van der Waals surface area contributed by atoms with E-state index in [2.05, 4.69) is 35.9 Å². The van der Waals surface area contributed by atoms with Gasteiger partial charge in [-0.05, 0) is 50.1 Å². The Balaban J connectivity index is 1.85. The number of carbonyl (C=O) groups excluding carboxylic acids is 1. The monoisotopic (exact) mass is 341 g/mol. The summed E-state index contributed by atoms with van der Waals surface area (Å²) in [5, 5.41) is 3.05. The average Bonchev–Trinajstić information content (AvgIpc) is 2.97. The van der Waals surface area contributed by atoms with Crippen molar-refractivity contribution in [2.24, 2.45) is 0 Å².